The van der Waals surface area contributed by atoms with Gasteiger partial charge in [-0.05, 0) is 54.4 Å². The fourth-order valence-corrected chi connectivity index (χ4v) is 6.56. The summed E-state index contributed by atoms with van der Waals surface area (Å²) in [5.41, 5.74) is 3.72. The second kappa shape index (κ2) is 11.2. The van der Waals surface area contributed by atoms with Crippen LogP contribution in [0, 0.1) is 5.92 Å². The van der Waals surface area contributed by atoms with Gasteiger partial charge in [0.1, 0.15) is 5.82 Å². The predicted molar refractivity (Wildman–Crippen MR) is 154 cm³/mol. The second-order valence-corrected chi connectivity index (χ2v) is 12.5. The lowest BCUT2D eigenvalue weighted by atomic mass is 10.1. The molecule has 0 bridgehead atoms. The topological polar surface area (TPSA) is 124 Å². The Hall–Kier alpha value is -3.93. The molecule has 0 spiro atoms. The molecule has 2 aliphatic rings. The Morgan fingerprint density at radius 2 is 1.98 bits per heavy atom. The van der Waals surface area contributed by atoms with Gasteiger partial charge in [-0.25, -0.2) is 18.4 Å². The van der Waals surface area contributed by atoms with Gasteiger partial charge in [0, 0.05) is 43.3 Å². The van der Waals surface area contributed by atoms with Crippen LogP contribution in [0.25, 0.3) is 22.3 Å². The Morgan fingerprint density at radius 1 is 1.12 bits per heavy atom. The smallest absolute Gasteiger partial charge is 0.251 e. The van der Waals surface area contributed by atoms with E-state index in [1.54, 1.807) is 25.4 Å². The minimum atomic E-state index is -3.51. The highest BCUT2D eigenvalue weighted by molar-refractivity contribution is 7.91. The number of nitrogens with one attached hydrogen (secondary N) is 1. The van der Waals surface area contributed by atoms with Gasteiger partial charge >= 0.3 is 0 Å². The molecular formula is C30H31N5O5S. The van der Waals surface area contributed by atoms with Crippen molar-refractivity contribution in [3.8, 4) is 11.4 Å². The average Bonchev–Trinajstić information content (AvgIpc) is 3.78. The molecular weight excluding hydrogens is 542 g/mol. The lowest BCUT2D eigenvalue weighted by Crippen LogP contribution is -2.24. The van der Waals surface area contributed by atoms with Crippen LogP contribution in [0.2, 0.25) is 0 Å². The molecule has 10 nitrogen and oxygen atoms in total. The number of fused-ring (bicyclic) bond motifs is 2. The van der Waals surface area contributed by atoms with E-state index < -0.39 is 9.84 Å². The first-order chi connectivity index (χ1) is 19.8. The van der Waals surface area contributed by atoms with Crippen molar-refractivity contribution in [2.75, 3.05) is 38.0 Å². The van der Waals surface area contributed by atoms with Crippen molar-refractivity contribution in [1.82, 2.24) is 20.3 Å². The molecule has 2 atom stereocenters. The van der Waals surface area contributed by atoms with Crippen LogP contribution < -0.4 is 10.2 Å². The Kier molecular flexibility index (Phi) is 7.41. The van der Waals surface area contributed by atoms with Gasteiger partial charge < -0.3 is 19.7 Å². The van der Waals surface area contributed by atoms with Crippen molar-refractivity contribution >= 4 is 32.5 Å². The van der Waals surface area contributed by atoms with Crippen LogP contribution >= 0.6 is 0 Å². The van der Waals surface area contributed by atoms with Crippen molar-refractivity contribution in [1.29, 1.82) is 0 Å². The van der Waals surface area contributed by atoms with Crippen LogP contribution in [0.1, 0.15) is 28.0 Å². The third kappa shape index (κ3) is 5.79. The van der Waals surface area contributed by atoms with Gasteiger partial charge in [0.2, 0.25) is 0 Å². The van der Waals surface area contributed by atoms with E-state index in [4.69, 9.17) is 19.4 Å². The van der Waals surface area contributed by atoms with E-state index in [1.165, 1.54) is 6.07 Å². The molecule has 3 aromatic heterocycles. The fraction of sp³-hybridized carbons (Fsp3) is 0.333. The van der Waals surface area contributed by atoms with E-state index in [0.717, 1.165) is 41.1 Å². The van der Waals surface area contributed by atoms with Crippen LogP contribution in [-0.2, 0) is 32.5 Å². The van der Waals surface area contributed by atoms with E-state index in [2.05, 4.69) is 22.2 Å². The van der Waals surface area contributed by atoms with Crippen molar-refractivity contribution in [3.05, 3.63) is 77.6 Å². The van der Waals surface area contributed by atoms with Crippen molar-refractivity contribution < 1.29 is 22.7 Å². The van der Waals surface area contributed by atoms with E-state index in [0.29, 0.717) is 23.2 Å². The van der Waals surface area contributed by atoms with E-state index in [1.807, 2.05) is 36.4 Å². The molecule has 1 aliphatic heterocycles. The Labute approximate surface area is 238 Å². The molecule has 6 rings (SSSR count). The van der Waals surface area contributed by atoms with Gasteiger partial charge in [0.05, 0.1) is 59.6 Å². The number of methoxy groups -OCH3 is 1. The standard InChI is InChI=1S/C30H31N5O5S/c1-35(27-12-22(27)17-39-2)29-5-3-4-24(34-29)25-9-8-20-15-31-23(14-26(20)33-25)16-32-30(36)19-6-7-21-18-40-10-11-41(37,38)28(21)13-19/h3-9,13-15,22,27H,10-12,16-18H2,1-2H3,(H,32,36)/t22-,27+/m0/s1. The highest BCUT2D eigenvalue weighted by Crippen LogP contribution is 2.37. The lowest BCUT2D eigenvalue weighted by Gasteiger charge is -2.19. The lowest BCUT2D eigenvalue weighted by molar-refractivity contribution is 0.0950. The molecule has 1 N–H and O–H groups in total. The summed E-state index contributed by atoms with van der Waals surface area (Å²) in [5, 5.41) is 3.71. The zero-order valence-corrected chi connectivity index (χ0v) is 23.7. The van der Waals surface area contributed by atoms with Crippen LogP contribution in [0.4, 0.5) is 5.82 Å². The van der Waals surface area contributed by atoms with Crippen LogP contribution in [0.5, 0.6) is 0 Å². The molecule has 1 amide bonds. The number of rotatable bonds is 8. The van der Waals surface area contributed by atoms with Crippen molar-refractivity contribution in [2.24, 2.45) is 5.92 Å². The SMILES string of the molecule is COC[C@@H]1C[C@H]1N(C)c1cccc(-c2ccc3cnc(CNC(=O)c4ccc5c(c4)S(=O)(=O)CCOC5)cc3n2)n1. The van der Waals surface area contributed by atoms with Gasteiger partial charge in [0.15, 0.2) is 9.84 Å². The number of amides is 1. The summed E-state index contributed by atoms with van der Waals surface area (Å²) in [6.07, 6.45) is 2.82. The number of benzene rings is 1. The van der Waals surface area contributed by atoms with E-state index >= 15 is 0 Å². The first-order valence-electron chi connectivity index (χ1n) is 13.5. The number of nitrogens with zero attached hydrogens (tertiary/aromatic N) is 4. The summed E-state index contributed by atoms with van der Waals surface area (Å²) in [4.78, 5) is 29.4. The molecule has 212 valence electrons. The summed E-state index contributed by atoms with van der Waals surface area (Å²) in [5.74, 6) is 0.933. The molecule has 4 aromatic rings. The number of aromatic nitrogens is 3. The Bertz CT molecular complexity index is 1730. The maximum atomic E-state index is 12.9. The molecule has 4 heterocycles. The van der Waals surface area contributed by atoms with Crippen LogP contribution in [-0.4, -0.2) is 68.4 Å². The first-order valence-corrected chi connectivity index (χ1v) is 15.1. The minimum absolute atomic E-state index is 0.104. The largest absolute Gasteiger partial charge is 0.384 e. The molecule has 1 aliphatic carbocycles. The number of hydrogen-bond donors (Lipinski definition) is 1. The molecule has 1 fully saturated rings. The van der Waals surface area contributed by atoms with Crippen LogP contribution in [0.3, 0.4) is 0 Å². The van der Waals surface area contributed by atoms with E-state index in [-0.39, 0.29) is 41.9 Å². The summed E-state index contributed by atoms with van der Waals surface area (Å²) < 4.78 is 35.8. The van der Waals surface area contributed by atoms with Gasteiger partial charge in [0.25, 0.3) is 5.91 Å². The van der Waals surface area contributed by atoms with E-state index in [9.17, 15) is 13.2 Å². The minimum Gasteiger partial charge on any atom is -0.384 e. The zero-order valence-electron chi connectivity index (χ0n) is 22.9. The molecule has 1 aromatic carbocycles. The van der Waals surface area contributed by atoms with Gasteiger partial charge in [-0.2, -0.15) is 0 Å². The van der Waals surface area contributed by atoms with Crippen molar-refractivity contribution in [3.63, 3.8) is 0 Å². The Morgan fingerprint density at radius 3 is 2.83 bits per heavy atom. The molecule has 0 radical (unpaired) electrons. The second-order valence-electron chi connectivity index (χ2n) is 10.5. The monoisotopic (exact) mass is 573 g/mol. The first kappa shape index (κ1) is 27.3. The molecule has 0 unspecified atom stereocenters. The highest BCUT2D eigenvalue weighted by Gasteiger charge is 2.40. The quantitative estimate of drug-likeness (QED) is 0.338. The third-order valence-corrected chi connectivity index (χ3v) is 9.35. The maximum Gasteiger partial charge on any atom is 0.251 e. The third-order valence-electron chi connectivity index (χ3n) is 7.60. The van der Waals surface area contributed by atoms with Gasteiger partial charge in [-0.1, -0.05) is 12.1 Å². The summed E-state index contributed by atoms with van der Waals surface area (Å²) >= 11 is 0. The fourth-order valence-electron chi connectivity index (χ4n) is 5.17. The maximum absolute atomic E-state index is 12.9. The number of pyridine rings is 3. The number of sulfone groups is 1. The molecule has 1 saturated carbocycles. The zero-order chi connectivity index (χ0) is 28.6. The number of hydrogen-bond acceptors (Lipinski definition) is 9. The Balaban J connectivity index is 1.17. The molecule has 0 saturated heterocycles. The summed E-state index contributed by atoms with van der Waals surface area (Å²) in [6, 6.07) is 16.8. The molecule has 41 heavy (non-hydrogen) atoms. The summed E-state index contributed by atoms with van der Waals surface area (Å²) in [7, 11) is 0.287. The number of carbonyl (C=O) groups is 1. The van der Waals surface area contributed by atoms with Gasteiger partial charge in [-0.15, -0.1) is 0 Å². The normalized spacial score (nSPS) is 19.3. The number of anilines is 1. The summed E-state index contributed by atoms with van der Waals surface area (Å²) in [6.45, 7) is 1.26. The molecule has 11 heteroatoms. The van der Waals surface area contributed by atoms with Crippen LogP contribution in [0.15, 0.2) is 65.7 Å². The predicted octanol–water partition coefficient (Wildman–Crippen LogP) is 3.40. The van der Waals surface area contributed by atoms with Gasteiger partial charge in [-0.3, -0.25) is 9.78 Å². The van der Waals surface area contributed by atoms with Crippen molar-refractivity contribution in [2.45, 2.75) is 30.5 Å². The highest BCUT2D eigenvalue weighted by atomic mass is 32.2. The number of carbonyl (C=O) groups excluding carboxylic acids is 1. The number of ether oxygens (including phenoxy) is 2. The average molecular weight is 574 g/mol.